The van der Waals surface area contributed by atoms with Gasteiger partial charge in [-0.25, -0.2) is 9.59 Å². The lowest BCUT2D eigenvalue weighted by molar-refractivity contribution is -0.119. The standard InChI is InChI=1S/C26H24N2O7/c1-34-14-22(24(30)27-15-10-11-23(29)20(12-15)25(31)32)28-26(33)35-13-21-18-8-4-2-6-16(18)17-7-3-5-9-19(17)21/h2-12,21-22,29H,13-14H2,1H3,(H,27,30)(H,28,33)(H,31,32)/t22-/m0/s1. The number of benzene rings is 3. The van der Waals surface area contributed by atoms with Crippen LogP contribution >= 0.6 is 0 Å². The summed E-state index contributed by atoms with van der Waals surface area (Å²) in [6, 6.07) is 18.4. The fourth-order valence-electron chi connectivity index (χ4n) is 4.15. The average Bonchev–Trinajstić information content (AvgIpc) is 3.17. The highest BCUT2D eigenvalue weighted by molar-refractivity contribution is 5.98. The minimum atomic E-state index is -1.34. The van der Waals surface area contributed by atoms with Gasteiger partial charge in [-0.2, -0.15) is 0 Å². The van der Waals surface area contributed by atoms with Crippen molar-refractivity contribution in [3.8, 4) is 16.9 Å². The Hall–Kier alpha value is -4.37. The number of ether oxygens (including phenoxy) is 2. The monoisotopic (exact) mass is 476 g/mol. The van der Waals surface area contributed by atoms with Crippen LogP contribution in [-0.4, -0.2) is 54.5 Å². The van der Waals surface area contributed by atoms with Gasteiger partial charge in [-0.05, 0) is 40.5 Å². The molecule has 1 atom stereocenters. The number of carbonyl (C=O) groups is 3. The number of aromatic carboxylic acids is 1. The van der Waals surface area contributed by atoms with Crippen molar-refractivity contribution in [1.29, 1.82) is 0 Å². The lowest BCUT2D eigenvalue weighted by Gasteiger charge is -2.19. The topological polar surface area (TPSA) is 134 Å². The molecule has 0 spiro atoms. The van der Waals surface area contributed by atoms with Gasteiger partial charge in [0.1, 0.15) is 24.0 Å². The molecule has 35 heavy (non-hydrogen) atoms. The number of anilines is 1. The van der Waals surface area contributed by atoms with E-state index in [0.29, 0.717) is 0 Å². The van der Waals surface area contributed by atoms with E-state index in [1.807, 2.05) is 48.5 Å². The Bertz CT molecular complexity index is 1230. The molecule has 4 N–H and O–H groups in total. The van der Waals surface area contributed by atoms with E-state index in [9.17, 15) is 19.5 Å². The van der Waals surface area contributed by atoms with Gasteiger partial charge in [0, 0.05) is 18.7 Å². The molecule has 1 aliphatic rings. The van der Waals surface area contributed by atoms with E-state index >= 15 is 0 Å². The first kappa shape index (κ1) is 23.8. The molecule has 0 heterocycles. The molecular weight excluding hydrogens is 452 g/mol. The zero-order valence-corrected chi connectivity index (χ0v) is 18.9. The molecular formula is C26H24N2O7. The zero-order valence-electron chi connectivity index (χ0n) is 18.9. The van der Waals surface area contributed by atoms with E-state index in [1.54, 1.807) is 0 Å². The Morgan fingerprint density at radius 3 is 2.20 bits per heavy atom. The maximum Gasteiger partial charge on any atom is 0.407 e. The summed E-state index contributed by atoms with van der Waals surface area (Å²) in [5, 5.41) is 23.8. The Labute approximate surface area is 201 Å². The van der Waals surface area contributed by atoms with Crippen LogP contribution in [0.3, 0.4) is 0 Å². The highest BCUT2D eigenvalue weighted by Gasteiger charge is 2.30. The summed E-state index contributed by atoms with van der Waals surface area (Å²) in [5.41, 5.74) is 4.10. The minimum Gasteiger partial charge on any atom is -0.507 e. The molecule has 9 nitrogen and oxygen atoms in total. The first-order valence-electron chi connectivity index (χ1n) is 10.9. The molecule has 0 unspecified atom stereocenters. The fraction of sp³-hybridized carbons (Fsp3) is 0.192. The van der Waals surface area contributed by atoms with E-state index in [2.05, 4.69) is 10.6 Å². The van der Waals surface area contributed by atoms with Crippen LogP contribution in [0.5, 0.6) is 5.75 Å². The van der Waals surface area contributed by atoms with Gasteiger partial charge in [0.15, 0.2) is 0 Å². The van der Waals surface area contributed by atoms with E-state index in [4.69, 9.17) is 14.6 Å². The lowest BCUT2D eigenvalue weighted by Crippen LogP contribution is -2.47. The van der Waals surface area contributed by atoms with Crippen LogP contribution in [0.1, 0.15) is 27.4 Å². The molecule has 0 fully saturated rings. The molecule has 9 heteroatoms. The van der Waals surface area contributed by atoms with E-state index in [1.165, 1.54) is 13.2 Å². The van der Waals surface area contributed by atoms with Crippen LogP contribution in [0.4, 0.5) is 10.5 Å². The third kappa shape index (κ3) is 5.10. The maximum atomic E-state index is 12.7. The van der Waals surface area contributed by atoms with Gasteiger partial charge in [-0.1, -0.05) is 48.5 Å². The summed E-state index contributed by atoms with van der Waals surface area (Å²) in [6.07, 6.45) is -0.791. The Morgan fingerprint density at radius 1 is 0.971 bits per heavy atom. The quantitative estimate of drug-likeness (QED) is 0.365. The number of amides is 2. The molecule has 180 valence electrons. The number of methoxy groups -OCH3 is 1. The summed E-state index contributed by atoms with van der Waals surface area (Å²) < 4.78 is 10.5. The highest BCUT2D eigenvalue weighted by Crippen LogP contribution is 2.44. The molecule has 3 aromatic carbocycles. The number of carboxylic acid groups (broad SMARTS) is 1. The molecule has 0 aliphatic heterocycles. The van der Waals surface area contributed by atoms with Crippen molar-refractivity contribution < 1.29 is 34.1 Å². The summed E-state index contributed by atoms with van der Waals surface area (Å²) >= 11 is 0. The molecule has 0 radical (unpaired) electrons. The van der Waals surface area contributed by atoms with Crippen molar-refractivity contribution in [2.24, 2.45) is 0 Å². The Kier molecular flexibility index (Phi) is 6.98. The van der Waals surface area contributed by atoms with Gasteiger partial charge in [0.05, 0.1) is 6.61 Å². The third-order valence-corrected chi connectivity index (χ3v) is 5.78. The number of nitrogens with one attached hydrogen (secondary N) is 2. The Balaban J connectivity index is 1.41. The number of fused-ring (bicyclic) bond motifs is 3. The highest BCUT2D eigenvalue weighted by atomic mass is 16.5. The summed E-state index contributed by atoms with van der Waals surface area (Å²) in [4.78, 5) is 36.5. The normalized spacial score (nSPS) is 12.8. The third-order valence-electron chi connectivity index (χ3n) is 5.78. The van der Waals surface area contributed by atoms with Crippen molar-refractivity contribution in [2.45, 2.75) is 12.0 Å². The van der Waals surface area contributed by atoms with Crippen LogP contribution in [0, 0.1) is 0 Å². The number of hydrogen-bond acceptors (Lipinski definition) is 6. The second kappa shape index (κ2) is 10.3. The predicted molar refractivity (Wildman–Crippen MR) is 128 cm³/mol. The molecule has 0 bridgehead atoms. The van der Waals surface area contributed by atoms with Crippen molar-refractivity contribution in [1.82, 2.24) is 5.32 Å². The van der Waals surface area contributed by atoms with Gasteiger partial charge < -0.3 is 30.3 Å². The second-order valence-corrected chi connectivity index (χ2v) is 8.00. The molecule has 0 saturated heterocycles. The summed E-state index contributed by atoms with van der Waals surface area (Å²) in [5.74, 6) is -2.54. The lowest BCUT2D eigenvalue weighted by atomic mass is 9.98. The number of alkyl carbamates (subject to hydrolysis) is 1. The number of hydrogen-bond donors (Lipinski definition) is 4. The van der Waals surface area contributed by atoms with E-state index in [0.717, 1.165) is 34.4 Å². The molecule has 4 rings (SSSR count). The van der Waals surface area contributed by atoms with Crippen LogP contribution in [-0.2, 0) is 14.3 Å². The van der Waals surface area contributed by atoms with E-state index < -0.39 is 29.8 Å². The first-order valence-corrected chi connectivity index (χ1v) is 10.9. The molecule has 2 amide bonds. The van der Waals surface area contributed by atoms with Crippen LogP contribution in [0.2, 0.25) is 0 Å². The molecule has 0 saturated carbocycles. The van der Waals surface area contributed by atoms with Crippen LogP contribution < -0.4 is 10.6 Å². The average molecular weight is 476 g/mol. The van der Waals surface area contributed by atoms with Gasteiger partial charge >= 0.3 is 12.1 Å². The van der Waals surface area contributed by atoms with Crippen molar-refractivity contribution in [2.75, 3.05) is 25.6 Å². The Morgan fingerprint density at radius 2 is 1.60 bits per heavy atom. The van der Waals surface area contributed by atoms with Gasteiger partial charge in [-0.15, -0.1) is 0 Å². The zero-order chi connectivity index (χ0) is 24.9. The van der Waals surface area contributed by atoms with Crippen molar-refractivity contribution in [3.63, 3.8) is 0 Å². The smallest absolute Gasteiger partial charge is 0.407 e. The summed E-state index contributed by atoms with van der Waals surface area (Å²) in [7, 11) is 1.38. The molecule has 3 aromatic rings. The number of carbonyl (C=O) groups excluding carboxylic acids is 2. The van der Waals surface area contributed by atoms with Crippen LogP contribution in [0.15, 0.2) is 66.7 Å². The van der Waals surface area contributed by atoms with Gasteiger partial charge in [-0.3, -0.25) is 4.79 Å². The van der Waals surface area contributed by atoms with Gasteiger partial charge in [0.2, 0.25) is 5.91 Å². The molecule has 0 aromatic heterocycles. The van der Waals surface area contributed by atoms with Crippen molar-refractivity contribution >= 4 is 23.7 Å². The van der Waals surface area contributed by atoms with E-state index in [-0.39, 0.29) is 30.4 Å². The summed E-state index contributed by atoms with van der Waals surface area (Å²) in [6.45, 7) is -0.0545. The predicted octanol–water partition coefficient (Wildman–Crippen LogP) is 3.58. The maximum absolute atomic E-state index is 12.7. The van der Waals surface area contributed by atoms with Crippen molar-refractivity contribution in [3.05, 3.63) is 83.4 Å². The number of aromatic hydroxyl groups is 1. The minimum absolute atomic E-state index is 0.0844. The number of rotatable bonds is 8. The molecule has 1 aliphatic carbocycles. The second-order valence-electron chi connectivity index (χ2n) is 8.00. The fourth-order valence-corrected chi connectivity index (χ4v) is 4.15. The number of phenols is 1. The first-order chi connectivity index (χ1) is 16.9. The largest absolute Gasteiger partial charge is 0.507 e. The number of carboxylic acids is 1. The SMILES string of the molecule is COC[C@H](NC(=O)OCC1c2ccccc2-c2ccccc21)C(=O)Nc1ccc(O)c(C(=O)O)c1. The van der Waals surface area contributed by atoms with Crippen LogP contribution in [0.25, 0.3) is 11.1 Å². The van der Waals surface area contributed by atoms with Gasteiger partial charge in [0.25, 0.3) is 0 Å².